The van der Waals surface area contributed by atoms with Crippen molar-refractivity contribution in [2.24, 2.45) is 0 Å². The van der Waals surface area contributed by atoms with Crippen LogP contribution in [0, 0.1) is 0 Å². The maximum Gasteiger partial charge on any atom is 0.306 e. The second-order valence-electron chi connectivity index (χ2n) is 12.7. The quantitative estimate of drug-likeness (QED) is 0.0312. The molecule has 0 saturated carbocycles. The Labute approximate surface area is 313 Å². The molecule has 0 amide bonds. The zero-order valence-electron chi connectivity index (χ0n) is 30.6. The van der Waals surface area contributed by atoms with Crippen LogP contribution in [0.1, 0.15) is 90.9 Å². The fourth-order valence-electron chi connectivity index (χ4n) is 5.77. The number of ether oxygens (including phenoxy) is 6. The van der Waals surface area contributed by atoms with E-state index >= 15 is 0 Å². The van der Waals surface area contributed by atoms with Crippen LogP contribution in [0.15, 0.2) is 72.2 Å². The van der Waals surface area contributed by atoms with Gasteiger partial charge in [0.1, 0.15) is 24.7 Å². The summed E-state index contributed by atoms with van der Waals surface area (Å²) in [5.74, 6) is 0.768. The normalized spacial score (nSPS) is 12.4. The summed E-state index contributed by atoms with van der Waals surface area (Å²) in [4.78, 5) is 25.6. The minimum absolute atomic E-state index is 0.0989. The number of carbonyl (C=O) groups is 2. The Balaban J connectivity index is 1.84. The van der Waals surface area contributed by atoms with Gasteiger partial charge in [0.25, 0.3) is 0 Å². The van der Waals surface area contributed by atoms with Gasteiger partial charge in [-0.2, -0.15) is 0 Å². The van der Waals surface area contributed by atoms with Gasteiger partial charge in [0.15, 0.2) is 12.2 Å². The highest BCUT2D eigenvalue weighted by Gasteiger charge is 2.22. The third kappa shape index (κ3) is 15.0. The third-order valence-electron chi connectivity index (χ3n) is 8.36. The van der Waals surface area contributed by atoms with E-state index in [9.17, 15) is 9.59 Å². The topological polar surface area (TPSA) is 89.5 Å². The van der Waals surface area contributed by atoms with Crippen molar-refractivity contribution in [2.45, 2.75) is 103 Å². The van der Waals surface area contributed by atoms with Gasteiger partial charge in [-0.15, -0.1) is 13.2 Å². The number of unbranched alkanes of at least 4 members (excludes halogenated alkanes) is 8. The highest BCUT2D eigenvalue weighted by Crippen LogP contribution is 2.44. The Hall–Kier alpha value is -3.40. The summed E-state index contributed by atoms with van der Waals surface area (Å²) >= 11 is 3.63. The standard InChI is InChI=1S/C42H57BrO8/c1-5-9-11-13-15-21-39(44)50-33(28-46-25-7-3)30-48-41-35-19-17-18-20-36(35)42(38-27-32(43)23-24-37(38)41)49-31-34(29-47-26-8-4)51-40(45)22-16-14-12-10-6-2/h7-8,17-20,23-24,27,33-34H,3-6,9-16,21-22,25-26,28-31H2,1-2H3. The minimum atomic E-state index is -0.609. The monoisotopic (exact) mass is 768 g/mol. The smallest absolute Gasteiger partial charge is 0.306 e. The number of halogens is 1. The van der Waals surface area contributed by atoms with E-state index in [1.165, 1.54) is 12.8 Å². The molecule has 51 heavy (non-hydrogen) atoms. The molecule has 9 heteroatoms. The molecule has 0 aliphatic rings. The van der Waals surface area contributed by atoms with Gasteiger partial charge in [-0.25, -0.2) is 0 Å². The zero-order chi connectivity index (χ0) is 36.7. The molecule has 0 radical (unpaired) electrons. The fraction of sp³-hybridized carbons (Fsp3) is 0.524. The highest BCUT2D eigenvalue weighted by molar-refractivity contribution is 9.10. The van der Waals surface area contributed by atoms with E-state index in [0.29, 0.717) is 37.6 Å². The first-order chi connectivity index (χ1) is 24.9. The molecule has 3 aromatic carbocycles. The molecule has 2 atom stereocenters. The van der Waals surface area contributed by atoms with Crippen molar-refractivity contribution < 1.29 is 38.0 Å². The minimum Gasteiger partial charge on any atom is -0.488 e. The van der Waals surface area contributed by atoms with Gasteiger partial charge in [0.2, 0.25) is 0 Å². The Morgan fingerprint density at radius 1 is 0.627 bits per heavy atom. The fourth-order valence-corrected chi connectivity index (χ4v) is 6.13. The molecule has 0 aliphatic heterocycles. The second kappa shape index (κ2) is 24.7. The number of esters is 2. The van der Waals surface area contributed by atoms with Gasteiger partial charge in [0, 0.05) is 38.9 Å². The van der Waals surface area contributed by atoms with Crippen LogP contribution >= 0.6 is 15.9 Å². The first kappa shape index (κ1) is 42.0. The average Bonchev–Trinajstić information content (AvgIpc) is 3.12. The van der Waals surface area contributed by atoms with E-state index < -0.39 is 12.2 Å². The molecule has 0 N–H and O–H groups in total. The van der Waals surface area contributed by atoms with Crippen LogP contribution in [-0.4, -0.2) is 63.8 Å². The molecule has 3 rings (SSSR count). The first-order valence-corrected chi connectivity index (χ1v) is 19.4. The number of rotatable bonds is 28. The summed E-state index contributed by atoms with van der Waals surface area (Å²) in [5.41, 5.74) is 0. The van der Waals surface area contributed by atoms with Crippen molar-refractivity contribution in [1.82, 2.24) is 0 Å². The Morgan fingerprint density at radius 3 is 1.55 bits per heavy atom. The molecule has 0 fully saturated rings. The molecule has 8 nitrogen and oxygen atoms in total. The van der Waals surface area contributed by atoms with Crippen LogP contribution in [0.5, 0.6) is 11.5 Å². The molecule has 0 spiro atoms. The van der Waals surface area contributed by atoms with Crippen LogP contribution in [0.25, 0.3) is 21.5 Å². The Morgan fingerprint density at radius 2 is 1.08 bits per heavy atom. The Bertz CT molecular complexity index is 1510. The number of carbonyl (C=O) groups excluding carboxylic acids is 2. The van der Waals surface area contributed by atoms with Crippen LogP contribution in [0.2, 0.25) is 0 Å². The molecule has 2 unspecified atom stereocenters. The molecule has 0 saturated heterocycles. The van der Waals surface area contributed by atoms with Crippen molar-refractivity contribution in [1.29, 1.82) is 0 Å². The van der Waals surface area contributed by atoms with Gasteiger partial charge < -0.3 is 28.4 Å². The lowest BCUT2D eigenvalue weighted by Crippen LogP contribution is -2.30. The van der Waals surface area contributed by atoms with E-state index in [2.05, 4.69) is 42.9 Å². The van der Waals surface area contributed by atoms with E-state index in [4.69, 9.17) is 28.4 Å². The van der Waals surface area contributed by atoms with Crippen molar-refractivity contribution in [2.75, 3.05) is 39.6 Å². The molecular formula is C42H57BrO8. The van der Waals surface area contributed by atoms with Crippen LogP contribution in [0.3, 0.4) is 0 Å². The van der Waals surface area contributed by atoms with Crippen molar-refractivity contribution in [3.05, 3.63) is 72.2 Å². The Kier molecular flexibility index (Phi) is 20.4. The SMILES string of the molecule is C=CCOCC(COc1c2ccccc2c(OCC(COCC=C)OC(=O)CCCCCCC)c2cc(Br)ccc12)OC(=O)CCCCCCC. The number of fused-ring (bicyclic) bond motifs is 2. The highest BCUT2D eigenvalue weighted by atomic mass is 79.9. The summed E-state index contributed by atoms with van der Waals surface area (Å²) in [7, 11) is 0. The predicted molar refractivity (Wildman–Crippen MR) is 209 cm³/mol. The van der Waals surface area contributed by atoms with Crippen LogP contribution in [0.4, 0.5) is 0 Å². The van der Waals surface area contributed by atoms with E-state index in [1.807, 2.05) is 42.5 Å². The first-order valence-electron chi connectivity index (χ1n) is 18.6. The van der Waals surface area contributed by atoms with Crippen LogP contribution in [-0.2, 0) is 28.5 Å². The molecular weight excluding hydrogens is 712 g/mol. The maximum atomic E-state index is 12.8. The number of hydrogen-bond donors (Lipinski definition) is 0. The molecule has 0 bridgehead atoms. The van der Waals surface area contributed by atoms with Crippen LogP contribution < -0.4 is 9.47 Å². The molecule has 280 valence electrons. The van der Waals surface area contributed by atoms with Gasteiger partial charge in [-0.1, -0.05) is 118 Å². The average molecular weight is 770 g/mol. The predicted octanol–water partition coefficient (Wildman–Crippen LogP) is 10.5. The summed E-state index contributed by atoms with van der Waals surface area (Å²) < 4.78 is 37.1. The van der Waals surface area contributed by atoms with E-state index in [0.717, 1.165) is 77.4 Å². The number of hydrogen-bond acceptors (Lipinski definition) is 8. The third-order valence-corrected chi connectivity index (χ3v) is 8.85. The largest absolute Gasteiger partial charge is 0.488 e. The number of benzene rings is 3. The summed E-state index contributed by atoms with van der Waals surface area (Å²) in [6.07, 6.45) is 13.3. The van der Waals surface area contributed by atoms with Gasteiger partial charge in [0.05, 0.1) is 26.4 Å². The molecule has 0 aliphatic carbocycles. The molecule has 0 heterocycles. The summed E-state index contributed by atoms with van der Waals surface area (Å²) in [6.45, 7) is 13.0. The maximum absolute atomic E-state index is 12.8. The van der Waals surface area contributed by atoms with E-state index in [-0.39, 0.29) is 38.4 Å². The summed E-state index contributed by atoms with van der Waals surface area (Å²) in [6, 6.07) is 13.8. The lowest BCUT2D eigenvalue weighted by atomic mass is 10.0. The van der Waals surface area contributed by atoms with E-state index in [1.54, 1.807) is 12.2 Å². The van der Waals surface area contributed by atoms with Gasteiger partial charge >= 0.3 is 11.9 Å². The summed E-state index contributed by atoms with van der Waals surface area (Å²) in [5, 5.41) is 3.30. The lowest BCUT2D eigenvalue weighted by Gasteiger charge is -2.23. The van der Waals surface area contributed by atoms with Crippen molar-refractivity contribution in [3.63, 3.8) is 0 Å². The van der Waals surface area contributed by atoms with Crippen molar-refractivity contribution in [3.8, 4) is 11.5 Å². The van der Waals surface area contributed by atoms with Gasteiger partial charge in [-0.3, -0.25) is 9.59 Å². The molecule has 0 aromatic heterocycles. The second-order valence-corrected chi connectivity index (χ2v) is 13.6. The van der Waals surface area contributed by atoms with Gasteiger partial charge in [-0.05, 0) is 31.0 Å². The van der Waals surface area contributed by atoms with Crippen molar-refractivity contribution >= 4 is 49.4 Å². The zero-order valence-corrected chi connectivity index (χ0v) is 32.2. The molecule has 3 aromatic rings. The lowest BCUT2D eigenvalue weighted by molar-refractivity contribution is -0.154.